The summed E-state index contributed by atoms with van der Waals surface area (Å²) < 4.78 is 0. The Morgan fingerprint density at radius 2 is 2.11 bits per heavy atom. The predicted molar refractivity (Wildman–Crippen MR) is 60.4 cm³/mol. The fraction of sp³-hybridized carbons (Fsp3) is 0.667. The molecule has 0 aliphatic carbocycles. The van der Waals surface area contributed by atoms with Crippen LogP contribution >= 0.6 is 0 Å². The van der Waals surface area contributed by atoms with Crippen molar-refractivity contribution in [2.45, 2.75) is 33.4 Å². The highest BCUT2D eigenvalue weighted by Crippen LogP contribution is 2.19. The first-order valence-electron chi connectivity index (χ1n) is 5.30. The number of aliphatic carboxylic acids is 1. The van der Waals surface area contributed by atoms with Crippen molar-refractivity contribution in [2.24, 2.45) is 5.41 Å². The molecule has 9 nitrogen and oxygen atoms in total. The van der Waals surface area contributed by atoms with Crippen LogP contribution in [-0.4, -0.2) is 43.8 Å². The largest absolute Gasteiger partial charge is 0.480 e. The number of carbonyl (C=O) groups is 2. The fourth-order valence-electron chi connectivity index (χ4n) is 1.25. The van der Waals surface area contributed by atoms with Gasteiger partial charge < -0.3 is 15.7 Å². The molecule has 1 heterocycles. The van der Waals surface area contributed by atoms with E-state index in [1.54, 1.807) is 20.8 Å². The van der Waals surface area contributed by atoms with Gasteiger partial charge in [-0.1, -0.05) is 26.0 Å². The molecule has 0 aliphatic rings. The smallest absolute Gasteiger partial charge is 0.326 e. The maximum absolute atomic E-state index is 11.5. The van der Waals surface area contributed by atoms with Crippen LogP contribution in [0.3, 0.4) is 0 Å². The quantitative estimate of drug-likeness (QED) is 0.574. The van der Waals surface area contributed by atoms with Gasteiger partial charge in [0.05, 0.1) is 6.54 Å². The van der Waals surface area contributed by atoms with Gasteiger partial charge in [-0.2, -0.15) is 5.21 Å². The molecule has 2 amide bonds. The maximum Gasteiger partial charge on any atom is 0.326 e. The first kappa shape index (κ1) is 13.9. The van der Waals surface area contributed by atoms with E-state index in [1.165, 1.54) is 0 Å². The highest BCUT2D eigenvalue weighted by molar-refractivity contribution is 5.83. The number of nitrogens with one attached hydrogen (secondary N) is 3. The third-order valence-electron chi connectivity index (χ3n) is 2.18. The van der Waals surface area contributed by atoms with Gasteiger partial charge >= 0.3 is 12.0 Å². The van der Waals surface area contributed by atoms with Gasteiger partial charge in [-0.15, -0.1) is 10.2 Å². The summed E-state index contributed by atoms with van der Waals surface area (Å²) in [7, 11) is 0. The normalized spacial score (nSPS) is 12.8. The number of carboxylic acids is 1. The van der Waals surface area contributed by atoms with Crippen LogP contribution in [0.5, 0.6) is 0 Å². The lowest BCUT2D eigenvalue weighted by Gasteiger charge is -2.27. The molecule has 0 saturated heterocycles. The van der Waals surface area contributed by atoms with E-state index in [0.29, 0.717) is 5.82 Å². The molecule has 9 heteroatoms. The number of hydrogen-bond donors (Lipinski definition) is 4. The molecule has 0 spiro atoms. The van der Waals surface area contributed by atoms with Crippen LogP contribution in [0.1, 0.15) is 26.6 Å². The molecule has 0 radical (unpaired) electrons. The SMILES string of the molecule is CC(C)(C)[C@@H](NC(=O)NCc1nn[nH]n1)C(=O)O. The van der Waals surface area contributed by atoms with E-state index in [2.05, 4.69) is 31.3 Å². The van der Waals surface area contributed by atoms with E-state index in [4.69, 9.17) is 5.11 Å². The van der Waals surface area contributed by atoms with Crippen LogP contribution in [0.2, 0.25) is 0 Å². The van der Waals surface area contributed by atoms with Gasteiger partial charge in [0.15, 0.2) is 5.82 Å². The van der Waals surface area contributed by atoms with E-state index >= 15 is 0 Å². The summed E-state index contributed by atoms with van der Waals surface area (Å²) in [6.45, 7) is 5.25. The second-order valence-corrected chi connectivity index (χ2v) is 4.79. The number of urea groups is 1. The van der Waals surface area contributed by atoms with Crippen LogP contribution in [-0.2, 0) is 11.3 Å². The highest BCUT2D eigenvalue weighted by Gasteiger charge is 2.32. The van der Waals surface area contributed by atoms with E-state index in [9.17, 15) is 9.59 Å². The summed E-state index contributed by atoms with van der Waals surface area (Å²) in [6.07, 6.45) is 0. The van der Waals surface area contributed by atoms with E-state index in [1.807, 2.05) is 0 Å². The number of aromatic amines is 1. The van der Waals surface area contributed by atoms with Crippen molar-refractivity contribution < 1.29 is 14.7 Å². The van der Waals surface area contributed by atoms with Gasteiger partial charge in [0, 0.05) is 0 Å². The first-order chi connectivity index (χ1) is 8.30. The molecule has 1 atom stereocenters. The van der Waals surface area contributed by atoms with Crippen molar-refractivity contribution in [2.75, 3.05) is 0 Å². The molecule has 0 saturated carbocycles. The van der Waals surface area contributed by atoms with Gasteiger partial charge in [0.2, 0.25) is 0 Å². The minimum Gasteiger partial charge on any atom is -0.480 e. The van der Waals surface area contributed by atoms with Crippen molar-refractivity contribution in [3.63, 3.8) is 0 Å². The Morgan fingerprint density at radius 3 is 2.56 bits per heavy atom. The Kier molecular flexibility index (Phi) is 4.18. The topological polar surface area (TPSA) is 133 Å². The van der Waals surface area contributed by atoms with Crippen molar-refractivity contribution >= 4 is 12.0 Å². The zero-order valence-corrected chi connectivity index (χ0v) is 10.4. The minimum atomic E-state index is -1.09. The van der Waals surface area contributed by atoms with Crippen molar-refractivity contribution in [3.8, 4) is 0 Å². The van der Waals surface area contributed by atoms with E-state index < -0.39 is 23.5 Å². The minimum absolute atomic E-state index is 0.0683. The number of nitrogens with zero attached hydrogens (tertiary/aromatic N) is 3. The second-order valence-electron chi connectivity index (χ2n) is 4.79. The lowest BCUT2D eigenvalue weighted by molar-refractivity contribution is -0.141. The summed E-state index contributed by atoms with van der Waals surface area (Å²) in [5, 5.41) is 26.7. The number of hydrogen-bond acceptors (Lipinski definition) is 5. The molecule has 0 unspecified atom stereocenters. The highest BCUT2D eigenvalue weighted by atomic mass is 16.4. The molecule has 0 aliphatic heterocycles. The molecule has 0 aromatic carbocycles. The summed E-state index contributed by atoms with van der Waals surface area (Å²) in [5.41, 5.74) is -0.588. The molecular weight excluding hydrogens is 240 g/mol. The number of rotatable bonds is 4. The molecule has 1 aromatic heterocycles. The Hall–Kier alpha value is -2.19. The molecule has 4 N–H and O–H groups in total. The van der Waals surface area contributed by atoms with Gasteiger partial charge in [-0.25, -0.2) is 9.59 Å². The maximum atomic E-state index is 11.5. The average Bonchev–Trinajstić information content (AvgIpc) is 2.73. The Balaban J connectivity index is 2.49. The molecular formula is C9H16N6O3. The molecule has 1 aromatic rings. The summed E-state index contributed by atoms with van der Waals surface area (Å²) in [6, 6.07) is -1.58. The Bertz CT molecular complexity index is 410. The number of tetrazole rings is 1. The summed E-state index contributed by atoms with van der Waals surface area (Å²) >= 11 is 0. The van der Waals surface area contributed by atoms with Crippen LogP contribution in [0, 0.1) is 5.41 Å². The Morgan fingerprint density at radius 1 is 1.44 bits per heavy atom. The molecule has 0 fully saturated rings. The predicted octanol–water partition coefficient (Wildman–Crippen LogP) is -0.502. The van der Waals surface area contributed by atoms with Crippen LogP contribution in [0.25, 0.3) is 0 Å². The lowest BCUT2D eigenvalue weighted by Crippen LogP contribution is -2.52. The van der Waals surface area contributed by atoms with Gasteiger partial charge in [-0.3, -0.25) is 0 Å². The molecule has 1 rings (SSSR count). The third-order valence-corrected chi connectivity index (χ3v) is 2.18. The van der Waals surface area contributed by atoms with Crippen LogP contribution in [0.15, 0.2) is 0 Å². The first-order valence-corrected chi connectivity index (χ1v) is 5.30. The van der Waals surface area contributed by atoms with E-state index in [-0.39, 0.29) is 6.54 Å². The lowest BCUT2D eigenvalue weighted by atomic mass is 9.87. The van der Waals surface area contributed by atoms with Gasteiger partial charge in [-0.05, 0) is 5.41 Å². The molecule has 18 heavy (non-hydrogen) atoms. The number of H-pyrrole nitrogens is 1. The van der Waals surface area contributed by atoms with E-state index in [0.717, 1.165) is 0 Å². The van der Waals surface area contributed by atoms with Crippen LogP contribution < -0.4 is 10.6 Å². The fourth-order valence-corrected chi connectivity index (χ4v) is 1.25. The number of aromatic nitrogens is 4. The number of carbonyl (C=O) groups excluding carboxylic acids is 1. The van der Waals surface area contributed by atoms with Gasteiger partial charge in [0.25, 0.3) is 0 Å². The third kappa shape index (κ3) is 4.00. The monoisotopic (exact) mass is 256 g/mol. The standard InChI is InChI=1S/C9H16N6O3/c1-9(2,3)6(7(16)17)11-8(18)10-4-5-12-14-15-13-5/h6H,4H2,1-3H3,(H,16,17)(H2,10,11,18)(H,12,13,14,15)/t6-/m0/s1. The Labute approximate surface area is 103 Å². The van der Waals surface area contributed by atoms with Crippen LogP contribution in [0.4, 0.5) is 4.79 Å². The number of amides is 2. The summed E-state index contributed by atoms with van der Waals surface area (Å²) in [4.78, 5) is 22.6. The second kappa shape index (κ2) is 5.43. The molecule has 100 valence electrons. The van der Waals surface area contributed by atoms with Crippen molar-refractivity contribution in [3.05, 3.63) is 5.82 Å². The van der Waals surface area contributed by atoms with Gasteiger partial charge in [0.1, 0.15) is 6.04 Å². The van der Waals surface area contributed by atoms with Crippen molar-refractivity contribution in [1.29, 1.82) is 0 Å². The summed E-state index contributed by atoms with van der Waals surface area (Å²) in [5.74, 6) is -0.773. The number of carboxylic acid groups (broad SMARTS) is 1. The zero-order chi connectivity index (χ0) is 13.8. The van der Waals surface area contributed by atoms with Crippen molar-refractivity contribution in [1.82, 2.24) is 31.3 Å². The zero-order valence-electron chi connectivity index (χ0n) is 10.4. The average molecular weight is 256 g/mol. The molecule has 0 bridgehead atoms.